The Hall–Kier alpha value is -3.92. The molecule has 1 aliphatic heterocycles. The minimum Gasteiger partial charge on any atom is -0.410 e. The number of carbonyl (C=O) groups is 1. The lowest BCUT2D eigenvalue weighted by atomic mass is 10.2. The number of hydrogen-bond donors (Lipinski definition) is 1. The summed E-state index contributed by atoms with van der Waals surface area (Å²) in [4.78, 5) is 24.7. The second-order valence-electron chi connectivity index (χ2n) is 9.47. The number of halogens is 1. The van der Waals surface area contributed by atoms with E-state index in [9.17, 15) is 9.00 Å². The van der Waals surface area contributed by atoms with Gasteiger partial charge in [0.25, 0.3) is 0 Å². The van der Waals surface area contributed by atoms with E-state index in [1.165, 1.54) is 0 Å². The largest absolute Gasteiger partial charge is 0.417 e. The third kappa shape index (κ3) is 6.80. The number of aromatic nitrogens is 2. The van der Waals surface area contributed by atoms with Gasteiger partial charge in [0.1, 0.15) is 11.6 Å². The molecular formula is C30H29ClN4O4S. The first-order chi connectivity index (χ1) is 19.3. The molecular weight excluding hydrogens is 548 g/mol. The van der Waals surface area contributed by atoms with E-state index < -0.39 is 15.6 Å². The van der Waals surface area contributed by atoms with Gasteiger partial charge in [0.05, 0.1) is 30.7 Å². The monoisotopic (exact) mass is 576 g/mol. The smallest absolute Gasteiger partial charge is 0.410 e. The van der Waals surface area contributed by atoms with E-state index in [2.05, 4.69) is 23.0 Å². The number of morpholine rings is 1. The first kappa shape index (κ1) is 27.6. The van der Waals surface area contributed by atoms with Gasteiger partial charge in [-0.2, -0.15) is 0 Å². The highest BCUT2D eigenvalue weighted by Gasteiger charge is 2.23. The Morgan fingerprint density at radius 1 is 1.10 bits per heavy atom. The molecule has 8 nitrogen and oxygen atoms in total. The summed E-state index contributed by atoms with van der Waals surface area (Å²) in [7, 11) is -2.69. The molecule has 1 unspecified atom stereocenters. The van der Waals surface area contributed by atoms with Crippen LogP contribution >= 0.6 is 11.6 Å². The maximum absolute atomic E-state index is 13.6. The zero-order valence-electron chi connectivity index (χ0n) is 22.0. The fraction of sp³-hybridized carbons (Fsp3) is 0.200. The lowest BCUT2D eigenvalue weighted by Gasteiger charge is -2.34. The molecule has 1 N–H and O–H groups in total. The number of nitrogens with zero attached hydrogens (tertiary/aromatic N) is 3. The molecule has 1 fully saturated rings. The first-order valence-corrected chi connectivity index (χ1v) is 15.0. The third-order valence-corrected chi connectivity index (χ3v) is 8.54. The molecule has 4 aromatic rings. The van der Waals surface area contributed by atoms with E-state index in [-0.39, 0.29) is 11.8 Å². The van der Waals surface area contributed by atoms with Crippen LogP contribution in [-0.2, 0) is 20.0 Å². The van der Waals surface area contributed by atoms with Crippen molar-refractivity contribution in [2.75, 3.05) is 30.0 Å². The molecule has 10 heteroatoms. The summed E-state index contributed by atoms with van der Waals surface area (Å²) in [6, 6.07) is 24.9. The number of para-hydroxylation sites is 1. The molecule has 40 heavy (non-hydrogen) atoms. The number of nitrogens with one attached hydrogen (secondary N) is 1. The SMILES string of the molecule is C=S(=O)(Cc1cc(N2CCOC[C@@H]2C)nc(-c2ccc(NC(=O)Oc3ccccc3)cc2)n1)c1ccc(Cl)cc1. The predicted molar refractivity (Wildman–Crippen MR) is 160 cm³/mol. The zero-order valence-corrected chi connectivity index (χ0v) is 23.5. The van der Waals surface area contributed by atoms with E-state index >= 15 is 0 Å². The number of amides is 1. The predicted octanol–water partition coefficient (Wildman–Crippen LogP) is 5.91. The van der Waals surface area contributed by atoms with E-state index in [0.717, 1.165) is 11.4 Å². The number of anilines is 2. The average Bonchev–Trinajstić information content (AvgIpc) is 2.94. The molecule has 0 spiro atoms. The Morgan fingerprint density at radius 2 is 1.82 bits per heavy atom. The van der Waals surface area contributed by atoms with Crippen LogP contribution in [0.2, 0.25) is 5.02 Å². The van der Waals surface area contributed by atoms with Crippen molar-refractivity contribution in [2.45, 2.75) is 23.6 Å². The van der Waals surface area contributed by atoms with Crippen molar-refractivity contribution in [1.29, 1.82) is 0 Å². The minimum absolute atomic E-state index is 0.118. The fourth-order valence-electron chi connectivity index (χ4n) is 4.35. The van der Waals surface area contributed by atoms with Gasteiger partial charge in [-0.15, -0.1) is 0 Å². The molecule has 2 heterocycles. The maximum Gasteiger partial charge on any atom is 0.417 e. The lowest BCUT2D eigenvalue weighted by Crippen LogP contribution is -2.44. The van der Waals surface area contributed by atoms with Crippen molar-refractivity contribution in [3.05, 3.63) is 95.6 Å². The van der Waals surface area contributed by atoms with Gasteiger partial charge in [-0.3, -0.25) is 9.53 Å². The van der Waals surface area contributed by atoms with Crippen molar-refractivity contribution < 1.29 is 18.5 Å². The number of ether oxygens (including phenoxy) is 2. The summed E-state index contributed by atoms with van der Waals surface area (Å²) in [6.45, 7) is 3.94. The number of rotatable bonds is 7. The molecule has 5 rings (SSSR count). The number of benzene rings is 3. The lowest BCUT2D eigenvalue weighted by molar-refractivity contribution is 0.0985. The van der Waals surface area contributed by atoms with E-state index in [0.29, 0.717) is 52.6 Å². The summed E-state index contributed by atoms with van der Waals surface area (Å²) < 4.78 is 24.6. The minimum atomic E-state index is -2.69. The van der Waals surface area contributed by atoms with Gasteiger partial charge >= 0.3 is 6.09 Å². The molecule has 1 saturated heterocycles. The standard InChI is InChI=1S/C30H29ClN4O4S/c1-21-19-38-17-16-35(21)28-18-25(20-40(2,37)27-14-10-23(31)11-15-27)32-29(34-28)22-8-12-24(13-9-22)33-30(36)39-26-6-4-3-5-7-26/h3-15,18,21H,2,16-17,19-20H2,1H3,(H,33,36)/t21-,40?/m0/s1. The molecule has 0 radical (unpaired) electrons. The zero-order chi connectivity index (χ0) is 28.1. The summed E-state index contributed by atoms with van der Waals surface area (Å²) in [5.41, 5.74) is 1.92. The van der Waals surface area contributed by atoms with E-state index in [1.807, 2.05) is 24.3 Å². The Morgan fingerprint density at radius 3 is 2.52 bits per heavy atom. The van der Waals surface area contributed by atoms with Gasteiger partial charge < -0.3 is 14.4 Å². The first-order valence-electron chi connectivity index (χ1n) is 12.7. The van der Waals surface area contributed by atoms with Crippen molar-refractivity contribution in [3.63, 3.8) is 0 Å². The van der Waals surface area contributed by atoms with Crippen LogP contribution in [0.5, 0.6) is 5.75 Å². The van der Waals surface area contributed by atoms with Crippen LogP contribution in [0, 0.1) is 0 Å². The molecule has 0 aliphatic carbocycles. The van der Waals surface area contributed by atoms with Gasteiger partial charge in [0.2, 0.25) is 0 Å². The molecule has 1 amide bonds. The number of carbonyl (C=O) groups excluding carboxylic acids is 1. The Balaban J connectivity index is 1.41. The van der Waals surface area contributed by atoms with Crippen LogP contribution in [0.15, 0.2) is 89.8 Å². The summed E-state index contributed by atoms with van der Waals surface area (Å²) in [5, 5.41) is 3.29. The van der Waals surface area contributed by atoms with Gasteiger partial charge in [-0.1, -0.05) is 29.8 Å². The maximum atomic E-state index is 13.6. The van der Waals surface area contributed by atoms with Crippen LogP contribution in [0.4, 0.5) is 16.3 Å². The van der Waals surface area contributed by atoms with E-state index in [1.54, 1.807) is 60.7 Å². The molecule has 1 aromatic heterocycles. The van der Waals surface area contributed by atoms with Crippen LogP contribution in [0.3, 0.4) is 0 Å². The van der Waals surface area contributed by atoms with Crippen molar-refractivity contribution in [2.24, 2.45) is 0 Å². The van der Waals surface area contributed by atoms with Gasteiger partial charge in [0.15, 0.2) is 5.82 Å². The highest BCUT2D eigenvalue weighted by atomic mass is 35.5. The molecule has 2 atom stereocenters. The Labute approximate surface area is 239 Å². The summed E-state index contributed by atoms with van der Waals surface area (Å²) in [6.07, 6.45) is -0.590. The van der Waals surface area contributed by atoms with E-state index in [4.69, 9.17) is 31.0 Å². The van der Waals surface area contributed by atoms with Crippen molar-refractivity contribution in [3.8, 4) is 17.1 Å². The normalized spacial score (nSPS) is 16.6. The fourth-order valence-corrected chi connectivity index (χ4v) is 5.90. The van der Waals surface area contributed by atoms with Gasteiger partial charge in [-0.25, -0.2) is 14.8 Å². The van der Waals surface area contributed by atoms with Crippen LogP contribution in [0.1, 0.15) is 12.6 Å². The molecule has 206 valence electrons. The topological polar surface area (TPSA) is 93.7 Å². The second-order valence-corrected chi connectivity index (χ2v) is 12.3. The number of hydrogen-bond acceptors (Lipinski definition) is 7. The average molecular weight is 577 g/mol. The quantitative estimate of drug-likeness (QED) is 0.273. The summed E-state index contributed by atoms with van der Waals surface area (Å²) in [5.74, 6) is 5.84. The van der Waals surface area contributed by atoms with Crippen molar-refractivity contribution >= 4 is 44.6 Å². The van der Waals surface area contributed by atoms with Crippen LogP contribution in [0.25, 0.3) is 11.4 Å². The summed E-state index contributed by atoms with van der Waals surface area (Å²) >= 11 is 6.03. The Kier molecular flexibility index (Phi) is 8.35. The third-order valence-electron chi connectivity index (χ3n) is 6.40. The van der Waals surface area contributed by atoms with Crippen LogP contribution in [-0.4, -0.2) is 51.9 Å². The van der Waals surface area contributed by atoms with Gasteiger partial charge in [-0.05, 0) is 73.5 Å². The molecule has 0 bridgehead atoms. The van der Waals surface area contributed by atoms with Crippen LogP contribution < -0.4 is 15.0 Å². The molecule has 3 aromatic carbocycles. The van der Waals surface area contributed by atoms with Gasteiger partial charge in [0, 0.05) is 43.3 Å². The molecule has 0 saturated carbocycles. The highest BCUT2D eigenvalue weighted by Crippen LogP contribution is 2.27. The Bertz CT molecular complexity index is 1580. The second kappa shape index (κ2) is 12.1. The highest BCUT2D eigenvalue weighted by molar-refractivity contribution is 7.99. The molecule has 1 aliphatic rings. The van der Waals surface area contributed by atoms with Crippen molar-refractivity contribution in [1.82, 2.24) is 9.97 Å².